The highest BCUT2D eigenvalue weighted by Gasteiger charge is 2.53. The fourth-order valence-corrected chi connectivity index (χ4v) is 6.47. The van der Waals surface area contributed by atoms with Gasteiger partial charge in [-0.25, -0.2) is 55.9 Å². The third-order valence-corrected chi connectivity index (χ3v) is 9.18. The van der Waals surface area contributed by atoms with Crippen molar-refractivity contribution in [3.63, 3.8) is 0 Å². The number of carbonyl (C=O) groups is 9. The lowest BCUT2D eigenvalue weighted by Crippen LogP contribution is -2.44. The van der Waals surface area contributed by atoms with Crippen molar-refractivity contribution < 1.29 is 104 Å². The second-order valence-corrected chi connectivity index (χ2v) is 20.2. The van der Waals surface area contributed by atoms with E-state index in [2.05, 4.69) is 14.2 Å². The third-order valence-electron chi connectivity index (χ3n) is 9.18. The van der Waals surface area contributed by atoms with Gasteiger partial charge in [-0.3, -0.25) is 24.4 Å². The molecule has 0 aromatic carbocycles. The van der Waals surface area contributed by atoms with Crippen LogP contribution in [0.1, 0.15) is 109 Å². The number of rotatable bonds is 4. The Labute approximate surface area is 398 Å². The molecular formula is C43H68F4N4O18. The highest BCUT2D eigenvalue weighted by Crippen LogP contribution is 2.35. The number of halogens is 4. The van der Waals surface area contributed by atoms with E-state index in [-0.39, 0.29) is 31.7 Å². The number of ketones is 1. The Hall–Kier alpha value is -5.69. The van der Waals surface area contributed by atoms with Gasteiger partial charge in [0.05, 0.1) is 53.6 Å². The molecule has 2 N–H and O–H groups in total. The molecule has 0 aliphatic carbocycles. The largest absolute Gasteiger partial charge is 0.480 e. The second-order valence-electron chi connectivity index (χ2n) is 20.2. The van der Waals surface area contributed by atoms with E-state index in [0.717, 1.165) is 16.9 Å². The lowest BCUT2D eigenvalue weighted by Gasteiger charge is -2.27. The molecule has 0 aromatic rings. The second kappa shape index (κ2) is 23.7. The predicted octanol–water partition coefficient (Wildman–Crippen LogP) is 4.79. The lowest BCUT2D eigenvalue weighted by atomic mass is 10.2. The fraction of sp³-hybridized carbons (Fsp3) is 0.791. The SMILES string of the molecule is CC(C)(C)OC(=O)N1CC(F)(F)C[C@H]1C(=O)O.COC(=O)[C@@H]1CC(=O)CN1C(=O)OC(C)(C)C.COC(=O)[C@@H]1CC(F)(F)CN1C(=O)OC(C)(C)C.COC(=O)[C@@H]1C[C@@H](O)CN1C(=O)OC(C)(C)C. The number of nitrogens with zero attached hydrogens (tertiary/aromatic N) is 4. The number of carboxylic acids is 1. The number of Topliss-reactive ketones (excluding diaryl/α,β-unsaturated/α-hetero) is 1. The first-order chi connectivity index (χ1) is 31.1. The van der Waals surface area contributed by atoms with Crippen molar-refractivity contribution in [1.29, 1.82) is 0 Å². The minimum absolute atomic E-state index is 0.00802. The Bertz CT molecular complexity index is 1870. The number of carboxylic acid groups (broad SMARTS) is 1. The van der Waals surface area contributed by atoms with Crippen LogP contribution in [-0.2, 0) is 57.1 Å². The van der Waals surface area contributed by atoms with E-state index in [1.807, 2.05) is 0 Å². The average Bonchev–Trinajstić information content (AvgIpc) is 3.94. The van der Waals surface area contributed by atoms with Gasteiger partial charge in [0.2, 0.25) is 0 Å². The summed E-state index contributed by atoms with van der Waals surface area (Å²) in [6.07, 6.45) is -5.38. The van der Waals surface area contributed by atoms with Crippen LogP contribution < -0.4 is 0 Å². The van der Waals surface area contributed by atoms with E-state index in [1.165, 1.54) is 19.1 Å². The molecular weight excluding hydrogens is 936 g/mol. The number of hydrogen-bond acceptors (Lipinski definition) is 17. The van der Waals surface area contributed by atoms with Gasteiger partial charge in [-0.1, -0.05) is 0 Å². The lowest BCUT2D eigenvalue weighted by molar-refractivity contribution is -0.146. The average molecular weight is 1010 g/mol. The van der Waals surface area contributed by atoms with Gasteiger partial charge in [-0.15, -0.1) is 0 Å². The zero-order valence-electron chi connectivity index (χ0n) is 41.8. The molecule has 22 nitrogen and oxygen atoms in total. The van der Waals surface area contributed by atoms with Crippen molar-refractivity contribution in [2.75, 3.05) is 47.5 Å². The number of alkyl halides is 4. The first kappa shape index (κ1) is 61.3. The number of ether oxygens (including phenoxy) is 7. The van der Waals surface area contributed by atoms with Gasteiger partial charge in [-0.05, 0) is 83.1 Å². The van der Waals surface area contributed by atoms with E-state index >= 15 is 0 Å². The maximum absolute atomic E-state index is 13.3. The highest BCUT2D eigenvalue weighted by atomic mass is 19.3. The number of likely N-dealkylation sites (tertiary alicyclic amines) is 4. The molecule has 4 heterocycles. The van der Waals surface area contributed by atoms with Crippen LogP contribution in [0.3, 0.4) is 0 Å². The number of esters is 3. The van der Waals surface area contributed by atoms with Crippen LogP contribution in [0.4, 0.5) is 36.7 Å². The maximum atomic E-state index is 13.3. The number of aliphatic hydroxyl groups excluding tert-OH is 1. The molecule has 396 valence electrons. The highest BCUT2D eigenvalue weighted by molar-refractivity contribution is 5.95. The molecule has 4 fully saturated rings. The summed E-state index contributed by atoms with van der Waals surface area (Å²) in [5, 5.41) is 18.3. The van der Waals surface area contributed by atoms with Crippen molar-refractivity contribution >= 4 is 54.0 Å². The summed E-state index contributed by atoms with van der Waals surface area (Å²) in [5.41, 5.74) is -2.96. The fourth-order valence-electron chi connectivity index (χ4n) is 6.47. The van der Waals surface area contributed by atoms with Gasteiger partial charge < -0.3 is 43.4 Å². The van der Waals surface area contributed by atoms with Gasteiger partial charge in [-0.2, -0.15) is 0 Å². The molecule has 0 radical (unpaired) electrons. The molecule has 4 aliphatic heterocycles. The van der Waals surface area contributed by atoms with Crippen molar-refractivity contribution in [2.45, 2.75) is 173 Å². The van der Waals surface area contributed by atoms with Crippen LogP contribution in [0, 0.1) is 0 Å². The minimum atomic E-state index is -3.18. The Morgan fingerprint density at radius 3 is 1.20 bits per heavy atom. The number of aliphatic carboxylic acids is 1. The molecule has 0 aromatic heterocycles. The Morgan fingerprint density at radius 2 is 0.841 bits per heavy atom. The molecule has 5 atom stereocenters. The molecule has 0 saturated carbocycles. The summed E-state index contributed by atoms with van der Waals surface area (Å²) >= 11 is 0. The topological polar surface area (TPSA) is 272 Å². The van der Waals surface area contributed by atoms with Gasteiger partial charge in [0.15, 0.2) is 5.78 Å². The number of hydrogen-bond donors (Lipinski definition) is 2. The van der Waals surface area contributed by atoms with Crippen molar-refractivity contribution in [3.05, 3.63) is 0 Å². The summed E-state index contributed by atoms with van der Waals surface area (Å²) in [7, 11) is 3.56. The van der Waals surface area contributed by atoms with Gasteiger partial charge in [0.1, 0.15) is 46.6 Å². The van der Waals surface area contributed by atoms with Crippen LogP contribution in [0.25, 0.3) is 0 Å². The normalized spacial score (nSPS) is 22.8. The first-order valence-electron chi connectivity index (χ1n) is 21.5. The molecule has 4 amide bonds. The van der Waals surface area contributed by atoms with Crippen molar-refractivity contribution in [1.82, 2.24) is 19.6 Å². The summed E-state index contributed by atoms with van der Waals surface area (Å²) in [6.45, 7) is 18.2. The summed E-state index contributed by atoms with van der Waals surface area (Å²) in [6, 6.07) is -4.44. The Balaban J connectivity index is 0.000000460. The third kappa shape index (κ3) is 20.8. The van der Waals surface area contributed by atoms with Crippen LogP contribution in [0.2, 0.25) is 0 Å². The van der Waals surface area contributed by atoms with E-state index in [9.17, 15) is 65.8 Å². The van der Waals surface area contributed by atoms with Gasteiger partial charge in [0.25, 0.3) is 11.8 Å². The number of aliphatic hydroxyl groups is 1. The molecule has 69 heavy (non-hydrogen) atoms. The maximum Gasteiger partial charge on any atom is 0.411 e. The smallest absolute Gasteiger partial charge is 0.411 e. The van der Waals surface area contributed by atoms with Crippen molar-refractivity contribution in [3.8, 4) is 0 Å². The van der Waals surface area contributed by atoms with Crippen LogP contribution in [0.15, 0.2) is 0 Å². The zero-order valence-corrected chi connectivity index (χ0v) is 41.8. The number of methoxy groups -OCH3 is 3. The van der Waals surface area contributed by atoms with Crippen LogP contribution in [-0.4, -0.2) is 196 Å². The van der Waals surface area contributed by atoms with E-state index < -0.39 is 139 Å². The Morgan fingerprint density at radius 1 is 0.522 bits per heavy atom. The molecule has 0 unspecified atom stereocenters. The quantitative estimate of drug-likeness (QED) is 0.218. The number of β-amino-alcohol motifs (C(OH)–C–C–N with tert-alkyl or cyclic N) is 1. The minimum Gasteiger partial charge on any atom is -0.480 e. The molecule has 4 rings (SSSR count). The van der Waals surface area contributed by atoms with Crippen molar-refractivity contribution in [2.24, 2.45) is 0 Å². The summed E-state index contributed by atoms with van der Waals surface area (Å²) in [4.78, 5) is 107. The molecule has 26 heteroatoms. The molecule has 4 aliphatic rings. The molecule has 0 spiro atoms. The van der Waals surface area contributed by atoms with E-state index in [4.69, 9.17) is 24.1 Å². The summed E-state index contributed by atoms with van der Waals surface area (Å²) in [5.74, 6) is -9.90. The molecule has 0 bridgehead atoms. The standard InChI is InChI=1S/C11H17F2NO4.C11H19NO5.C11H17NO5.C10H15F2NO4/c1-10(2,3)18-9(16)14-6-11(12,13)5-7(14)8(15)17-4;2*1-11(2,3)17-10(15)12-6-7(13)5-8(12)9(14)16-4;1-9(2,3)17-8(16)13-5-10(11,12)4-6(13)7(14)15/h7H,5-6H2,1-4H3;7-8,13H,5-6H2,1-4H3;8H,5-6H2,1-4H3;6H,4-5H2,1-3H3,(H,14,15)/t7-;7-,8+;8-;6-/m0100/s1. The first-order valence-corrected chi connectivity index (χ1v) is 21.5. The van der Waals surface area contributed by atoms with E-state index in [0.29, 0.717) is 4.90 Å². The van der Waals surface area contributed by atoms with Gasteiger partial charge in [0, 0.05) is 25.7 Å². The zero-order chi connectivity index (χ0) is 54.0. The van der Waals surface area contributed by atoms with E-state index in [1.54, 1.807) is 83.1 Å². The number of carbonyl (C=O) groups excluding carboxylic acids is 8. The molecule has 4 saturated heterocycles. The van der Waals surface area contributed by atoms with Crippen LogP contribution in [0.5, 0.6) is 0 Å². The van der Waals surface area contributed by atoms with Crippen LogP contribution >= 0.6 is 0 Å². The Kier molecular flexibility index (Phi) is 21.1. The monoisotopic (exact) mass is 1000 g/mol. The summed E-state index contributed by atoms with van der Waals surface area (Å²) < 4.78 is 86.4. The predicted molar refractivity (Wildman–Crippen MR) is 230 cm³/mol. The van der Waals surface area contributed by atoms with Gasteiger partial charge >= 0.3 is 48.3 Å². The number of amides is 4.